The summed E-state index contributed by atoms with van der Waals surface area (Å²) >= 11 is 0. The van der Waals surface area contributed by atoms with Crippen LogP contribution < -0.4 is 5.32 Å². The Labute approximate surface area is 116 Å². The molecule has 108 valence electrons. The number of rotatable bonds is 7. The van der Waals surface area contributed by atoms with E-state index in [1.165, 1.54) is 5.56 Å². The lowest BCUT2D eigenvalue weighted by molar-refractivity contribution is -0.129. The average molecular weight is 265 g/mol. The first-order valence-electron chi connectivity index (χ1n) is 7.05. The lowest BCUT2D eigenvalue weighted by Crippen LogP contribution is -2.27. The molecular formula is C15H27N3O. The van der Waals surface area contributed by atoms with Gasteiger partial charge in [-0.2, -0.15) is 0 Å². The number of carbonyl (C=O) groups is 1. The van der Waals surface area contributed by atoms with E-state index in [1.807, 2.05) is 10.8 Å². The second-order valence-corrected chi connectivity index (χ2v) is 5.58. The van der Waals surface area contributed by atoms with Crippen molar-refractivity contribution in [2.45, 2.75) is 39.8 Å². The smallest absolute Gasteiger partial charge is 0.241 e. The van der Waals surface area contributed by atoms with Crippen LogP contribution in [-0.2, 0) is 11.3 Å². The molecule has 0 fully saturated rings. The van der Waals surface area contributed by atoms with Crippen LogP contribution in [-0.4, -0.2) is 36.0 Å². The molecule has 1 heterocycles. The molecule has 19 heavy (non-hydrogen) atoms. The van der Waals surface area contributed by atoms with E-state index < -0.39 is 0 Å². The number of carbonyl (C=O) groups excluding carboxylic acids is 1. The van der Waals surface area contributed by atoms with Crippen LogP contribution in [0.5, 0.6) is 0 Å². The second kappa shape index (κ2) is 7.34. The Bertz CT molecular complexity index is 396. The Morgan fingerprint density at radius 2 is 2.11 bits per heavy atom. The van der Waals surface area contributed by atoms with Crippen LogP contribution in [0.1, 0.15) is 38.8 Å². The lowest BCUT2D eigenvalue weighted by atomic mass is 9.98. The van der Waals surface area contributed by atoms with Gasteiger partial charge in [0.15, 0.2) is 0 Å². The molecule has 0 spiro atoms. The van der Waals surface area contributed by atoms with Gasteiger partial charge in [0.1, 0.15) is 6.54 Å². The minimum absolute atomic E-state index is 0.116. The first kappa shape index (κ1) is 15.8. The maximum Gasteiger partial charge on any atom is 0.241 e. The van der Waals surface area contributed by atoms with Crippen molar-refractivity contribution in [2.75, 3.05) is 20.6 Å². The molecule has 0 aliphatic carbocycles. The maximum atomic E-state index is 11.7. The molecule has 4 heteroatoms. The number of hydrogen-bond donors (Lipinski definition) is 1. The summed E-state index contributed by atoms with van der Waals surface area (Å²) in [7, 11) is 3.57. The summed E-state index contributed by atoms with van der Waals surface area (Å²) < 4.78 is 1.96. The summed E-state index contributed by atoms with van der Waals surface area (Å²) in [5.74, 6) is 0.650. The molecular weight excluding hydrogens is 238 g/mol. The predicted molar refractivity (Wildman–Crippen MR) is 79.0 cm³/mol. The van der Waals surface area contributed by atoms with Gasteiger partial charge in [-0.15, -0.1) is 0 Å². The molecule has 0 saturated heterocycles. The minimum Gasteiger partial charge on any atom is -0.347 e. The van der Waals surface area contributed by atoms with Crippen LogP contribution >= 0.6 is 0 Å². The normalized spacial score (nSPS) is 12.7. The first-order valence-corrected chi connectivity index (χ1v) is 7.05. The van der Waals surface area contributed by atoms with E-state index in [0.717, 1.165) is 13.0 Å². The monoisotopic (exact) mass is 265 g/mol. The van der Waals surface area contributed by atoms with Crippen molar-refractivity contribution >= 4 is 5.91 Å². The van der Waals surface area contributed by atoms with Crippen molar-refractivity contribution in [1.29, 1.82) is 0 Å². The number of likely N-dealkylation sites (N-methyl/N-ethyl adjacent to an activating group) is 1. The van der Waals surface area contributed by atoms with Crippen LogP contribution in [0.4, 0.5) is 0 Å². The Balaban J connectivity index is 2.72. The van der Waals surface area contributed by atoms with Gasteiger partial charge in [0.2, 0.25) is 5.91 Å². The Hall–Kier alpha value is -1.29. The summed E-state index contributed by atoms with van der Waals surface area (Å²) in [5, 5.41) is 3.57. The van der Waals surface area contributed by atoms with Crippen LogP contribution in [0.25, 0.3) is 0 Å². The summed E-state index contributed by atoms with van der Waals surface area (Å²) in [5.41, 5.74) is 1.26. The second-order valence-electron chi connectivity index (χ2n) is 5.58. The molecule has 0 aliphatic heterocycles. The van der Waals surface area contributed by atoms with Crippen molar-refractivity contribution in [3.63, 3.8) is 0 Å². The molecule has 1 rings (SSSR count). The van der Waals surface area contributed by atoms with Gasteiger partial charge in [-0.25, -0.2) is 0 Å². The van der Waals surface area contributed by atoms with E-state index >= 15 is 0 Å². The van der Waals surface area contributed by atoms with E-state index in [9.17, 15) is 4.79 Å². The van der Waals surface area contributed by atoms with Crippen LogP contribution in [0, 0.1) is 5.92 Å². The van der Waals surface area contributed by atoms with Crippen molar-refractivity contribution in [3.8, 4) is 0 Å². The van der Waals surface area contributed by atoms with Gasteiger partial charge in [0.25, 0.3) is 0 Å². The fraction of sp³-hybridized carbons (Fsp3) is 0.667. The Morgan fingerprint density at radius 1 is 1.42 bits per heavy atom. The SMILES string of the molecule is CCCNC(c1ccn(CC(=O)N(C)C)c1)C(C)C. The van der Waals surface area contributed by atoms with Crippen molar-refractivity contribution in [3.05, 3.63) is 24.0 Å². The molecule has 1 aromatic heterocycles. The fourth-order valence-electron chi connectivity index (χ4n) is 2.08. The van der Waals surface area contributed by atoms with E-state index in [4.69, 9.17) is 0 Å². The molecule has 1 aromatic rings. The number of hydrogen-bond acceptors (Lipinski definition) is 2. The molecule has 1 atom stereocenters. The largest absolute Gasteiger partial charge is 0.347 e. The summed E-state index contributed by atoms with van der Waals surface area (Å²) in [6.07, 6.45) is 5.19. The molecule has 0 aliphatic rings. The summed E-state index contributed by atoms with van der Waals surface area (Å²) in [4.78, 5) is 13.3. The van der Waals surface area contributed by atoms with Gasteiger partial charge in [0.05, 0.1) is 0 Å². The van der Waals surface area contributed by atoms with Crippen molar-refractivity contribution in [2.24, 2.45) is 5.92 Å². The zero-order valence-electron chi connectivity index (χ0n) is 12.8. The Kier molecular flexibility index (Phi) is 6.09. The summed E-state index contributed by atoms with van der Waals surface area (Å²) in [6, 6.07) is 2.46. The maximum absolute atomic E-state index is 11.7. The average Bonchev–Trinajstić information content (AvgIpc) is 2.77. The number of aromatic nitrogens is 1. The highest BCUT2D eigenvalue weighted by molar-refractivity contribution is 5.75. The van der Waals surface area contributed by atoms with E-state index in [0.29, 0.717) is 18.5 Å². The molecule has 1 amide bonds. The lowest BCUT2D eigenvalue weighted by Gasteiger charge is -2.21. The molecule has 0 aromatic carbocycles. The Morgan fingerprint density at radius 3 is 2.63 bits per heavy atom. The molecule has 1 N–H and O–H groups in total. The van der Waals surface area contributed by atoms with Crippen LogP contribution in [0.3, 0.4) is 0 Å². The molecule has 1 unspecified atom stereocenters. The first-order chi connectivity index (χ1) is 8.95. The van der Waals surface area contributed by atoms with Gasteiger partial charge in [-0.3, -0.25) is 4.79 Å². The van der Waals surface area contributed by atoms with Gasteiger partial charge in [-0.05, 0) is 30.5 Å². The third-order valence-corrected chi connectivity index (χ3v) is 3.23. The van der Waals surface area contributed by atoms with Gasteiger partial charge in [0, 0.05) is 32.5 Å². The van der Waals surface area contributed by atoms with E-state index in [-0.39, 0.29) is 5.91 Å². The van der Waals surface area contributed by atoms with Crippen molar-refractivity contribution in [1.82, 2.24) is 14.8 Å². The minimum atomic E-state index is 0.116. The standard InChI is InChI=1S/C15H27N3O/c1-6-8-16-15(12(2)3)13-7-9-18(10-13)11-14(19)17(4)5/h7,9-10,12,15-16H,6,8,11H2,1-5H3. The number of amides is 1. The number of nitrogens with one attached hydrogen (secondary N) is 1. The third-order valence-electron chi connectivity index (χ3n) is 3.23. The quantitative estimate of drug-likeness (QED) is 0.821. The number of nitrogens with zero attached hydrogens (tertiary/aromatic N) is 2. The molecule has 0 bridgehead atoms. The highest BCUT2D eigenvalue weighted by Crippen LogP contribution is 2.22. The van der Waals surface area contributed by atoms with Gasteiger partial charge >= 0.3 is 0 Å². The van der Waals surface area contributed by atoms with E-state index in [1.54, 1.807) is 19.0 Å². The highest BCUT2D eigenvalue weighted by Gasteiger charge is 2.16. The zero-order chi connectivity index (χ0) is 14.4. The third kappa shape index (κ3) is 4.71. The van der Waals surface area contributed by atoms with Crippen LogP contribution in [0.2, 0.25) is 0 Å². The molecule has 0 radical (unpaired) electrons. The molecule has 0 saturated carbocycles. The highest BCUT2D eigenvalue weighted by atomic mass is 16.2. The van der Waals surface area contributed by atoms with Crippen LogP contribution in [0.15, 0.2) is 18.5 Å². The fourth-order valence-corrected chi connectivity index (χ4v) is 2.08. The summed E-state index contributed by atoms with van der Waals surface area (Å²) in [6.45, 7) is 8.03. The van der Waals surface area contributed by atoms with Gasteiger partial charge < -0.3 is 14.8 Å². The van der Waals surface area contributed by atoms with E-state index in [2.05, 4.69) is 38.4 Å². The topological polar surface area (TPSA) is 37.3 Å². The molecule has 4 nitrogen and oxygen atoms in total. The van der Waals surface area contributed by atoms with Crippen molar-refractivity contribution < 1.29 is 4.79 Å². The predicted octanol–water partition coefficient (Wildman–Crippen LogP) is 2.27. The van der Waals surface area contributed by atoms with Gasteiger partial charge in [-0.1, -0.05) is 20.8 Å². The zero-order valence-corrected chi connectivity index (χ0v) is 12.8.